The van der Waals surface area contributed by atoms with Gasteiger partial charge in [-0.05, 0) is 32.9 Å². The van der Waals surface area contributed by atoms with Crippen LogP contribution in [0.1, 0.15) is 36.9 Å². The van der Waals surface area contributed by atoms with Gasteiger partial charge in [0.1, 0.15) is 5.75 Å². The molecule has 0 aliphatic carbocycles. The van der Waals surface area contributed by atoms with Gasteiger partial charge in [0.2, 0.25) is 0 Å². The van der Waals surface area contributed by atoms with Crippen molar-refractivity contribution in [2.45, 2.75) is 32.7 Å². The smallest absolute Gasteiger partial charge is 0.305 e. The minimum Gasteiger partial charge on any atom is -0.496 e. The second-order valence-corrected chi connectivity index (χ2v) is 4.60. The van der Waals surface area contributed by atoms with Crippen molar-refractivity contribution in [3.63, 3.8) is 0 Å². The average molecular weight is 265 g/mol. The van der Waals surface area contributed by atoms with Crippen LogP contribution in [0.25, 0.3) is 0 Å². The number of benzene rings is 1. The maximum absolute atomic E-state index is 11.0. The summed E-state index contributed by atoms with van der Waals surface area (Å²) >= 11 is 0. The van der Waals surface area contributed by atoms with Gasteiger partial charge in [0.05, 0.1) is 14.2 Å². The third-order valence-corrected chi connectivity index (χ3v) is 3.09. The first kappa shape index (κ1) is 15.5. The van der Waals surface area contributed by atoms with Crippen molar-refractivity contribution in [3.8, 4) is 5.75 Å². The van der Waals surface area contributed by atoms with Gasteiger partial charge >= 0.3 is 5.97 Å². The first-order valence-corrected chi connectivity index (χ1v) is 6.53. The number of esters is 1. The summed E-state index contributed by atoms with van der Waals surface area (Å²) in [4.78, 5) is 11.0. The van der Waals surface area contributed by atoms with Crippen LogP contribution in [0, 0.1) is 6.92 Å². The lowest BCUT2D eigenvalue weighted by Gasteiger charge is -2.17. The first-order valence-electron chi connectivity index (χ1n) is 6.53. The Labute approximate surface area is 115 Å². The first-order chi connectivity index (χ1) is 9.08. The van der Waals surface area contributed by atoms with Crippen LogP contribution in [-0.4, -0.2) is 26.7 Å². The van der Waals surface area contributed by atoms with Crippen molar-refractivity contribution >= 4 is 5.97 Å². The van der Waals surface area contributed by atoms with Crippen molar-refractivity contribution in [1.82, 2.24) is 5.32 Å². The standard InChI is InChI=1S/C15H23NO3/c1-11-7-8-14(18-3)13(10-11)12(2)16-9-5-6-15(17)19-4/h7-8,10,12,16H,5-6,9H2,1-4H3. The number of carbonyl (C=O) groups excluding carboxylic acids is 1. The van der Waals surface area contributed by atoms with E-state index in [1.165, 1.54) is 12.7 Å². The van der Waals surface area contributed by atoms with Gasteiger partial charge in [0.25, 0.3) is 0 Å². The van der Waals surface area contributed by atoms with E-state index >= 15 is 0 Å². The van der Waals surface area contributed by atoms with Crippen LogP contribution in [0.3, 0.4) is 0 Å². The Balaban J connectivity index is 2.51. The molecule has 0 amide bonds. The Morgan fingerprint density at radius 1 is 1.37 bits per heavy atom. The summed E-state index contributed by atoms with van der Waals surface area (Å²) in [7, 11) is 3.09. The average Bonchev–Trinajstić information content (AvgIpc) is 2.42. The zero-order valence-corrected chi connectivity index (χ0v) is 12.2. The lowest BCUT2D eigenvalue weighted by molar-refractivity contribution is -0.140. The van der Waals surface area contributed by atoms with Crippen molar-refractivity contribution in [2.24, 2.45) is 0 Å². The highest BCUT2D eigenvalue weighted by Gasteiger charge is 2.11. The molecule has 0 aliphatic heterocycles. The second kappa shape index (κ2) is 7.79. The van der Waals surface area contributed by atoms with E-state index in [-0.39, 0.29) is 12.0 Å². The fraction of sp³-hybridized carbons (Fsp3) is 0.533. The predicted molar refractivity (Wildman–Crippen MR) is 75.4 cm³/mol. The SMILES string of the molecule is COC(=O)CCCNC(C)c1cc(C)ccc1OC. The molecule has 0 aliphatic rings. The monoisotopic (exact) mass is 265 g/mol. The fourth-order valence-corrected chi connectivity index (χ4v) is 1.96. The van der Waals surface area contributed by atoms with E-state index in [1.807, 2.05) is 12.1 Å². The molecule has 4 nitrogen and oxygen atoms in total. The molecule has 106 valence electrons. The summed E-state index contributed by atoms with van der Waals surface area (Å²) in [6, 6.07) is 6.33. The predicted octanol–water partition coefficient (Wildman–Crippen LogP) is 2.61. The molecular weight excluding hydrogens is 242 g/mol. The Hall–Kier alpha value is -1.55. The highest BCUT2D eigenvalue weighted by Crippen LogP contribution is 2.25. The highest BCUT2D eigenvalue weighted by molar-refractivity contribution is 5.69. The third-order valence-electron chi connectivity index (χ3n) is 3.09. The normalized spacial score (nSPS) is 12.0. The minimum atomic E-state index is -0.164. The summed E-state index contributed by atoms with van der Waals surface area (Å²) in [6.45, 7) is 4.93. The molecule has 4 heteroatoms. The second-order valence-electron chi connectivity index (χ2n) is 4.60. The van der Waals surface area contributed by atoms with Crippen LogP contribution in [-0.2, 0) is 9.53 Å². The topological polar surface area (TPSA) is 47.6 Å². The minimum absolute atomic E-state index is 0.164. The number of carbonyl (C=O) groups is 1. The van der Waals surface area contributed by atoms with Crippen LogP contribution in [0.4, 0.5) is 0 Å². The van der Waals surface area contributed by atoms with E-state index in [2.05, 4.69) is 30.0 Å². The number of nitrogens with one attached hydrogen (secondary N) is 1. The summed E-state index contributed by atoms with van der Waals surface area (Å²) in [6.07, 6.45) is 1.21. The summed E-state index contributed by atoms with van der Waals surface area (Å²) in [5.74, 6) is 0.723. The number of aryl methyl sites for hydroxylation is 1. The third kappa shape index (κ3) is 4.91. The lowest BCUT2D eigenvalue weighted by Crippen LogP contribution is -2.21. The Morgan fingerprint density at radius 2 is 2.11 bits per heavy atom. The maximum atomic E-state index is 11.0. The Bertz CT molecular complexity index is 418. The molecule has 0 heterocycles. The summed E-state index contributed by atoms with van der Waals surface area (Å²) in [5, 5.41) is 3.39. The summed E-state index contributed by atoms with van der Waals surface area (Å²) in [5.41, 5.74) is 2.35. The molecule has 0 aromatic heterocycles. The molecule has 0 saturated heterocycles. The molecule has 0 saturated carbocycles. The van der Waals surface area contributed by atoms with Gasteiger partial charge in [-0.25, -0.2) is 0 Å². The van der Waals surface area contributed by atoms with Gasteiger partial charge in [0.15, 0.2) is 0 Å². The fourth-order valence-electron chi connectivity index (χ4n) is 1.96. The number of hydrogen-bond donors (Lipinski definition) is 1. The van der Waals surface area contributed by atoms with E-state index in [1.54, 1.807) is 7.11 Å². The molecular formula is C15H23NO3. The zero-order chi connectivity index (χ0) is 14.3. The maximum Gasteiger partial charge on any atom is 0.305 e. The van der Waals surface area contributed by atoms with E-state index in [0.29, 0.717) is 6.42 Å². The number of hydrogen-bond acceptors (Lipinski definition) is 4. The van der Waals surface area contributed by atoms with Crippen LogP contribution < -0.4 is 10.1 Å². The van der Waals surface area contributed by atoms with Gasteiger partial charge in [0, 0.05) is 18.0 Å². The van der Waals surface area contributed by atoms with Crippen molar-refractivity contribution < 1.29 is 14.3 Å². The molecule has 0 spiro atoms. The molecule has 1 aromatic carbocycles. The molecule has 1 aromatic rings. The summed E-state index contributed by atoms with van der Waals surface area (Å²) < 4.78 is 9.98. The van der Waals surface area contributed by atoms with Crippen molar-refractivity contribution in [1.29, 1.82) is 0 Å². The molecule has 1 N–H and O–H groups in total. The van der Waals surface area contributed by atoms with Gasteiger partial charge in [-0.1, -0.05) is 17.7 Å². The number of rotatable bonds is 7. The van der Waals surface area contributed by atoms with Crippen LogP contribution in [0.2, 0.25) is 0 Å². The van der Waals surface area contributed by atoms with Gasteiger partial charge in [-0.3, -0.25) is 4.79 Å². The van der Waals surface area contributed by atoms with Gasteiger partial charge < -0.3 is 14.8 Å². The molecule has 1 unspecified atom stereocenters. The van der Waals surface area contributed by atoms with E-state index in [4.69, 9.17) is 4.74 Å². The zero-order valence-electron chi connectivity index (χ0n) is 12.2. The van der Waals surface area contributed by atoms with Crippen molar-refractivity contribution in [2.75, 3.05) is 20.8 Å². The molecule has 1 atom stereocenters. The van der Waals surface area contributed by atoms with Crippen molar-refractivity contribution in [3.05, 3.63) is 29.3 Å². The van der Waals surface area contributed by atoms with E-state index in [9.17, 15) is 4.79 Å². The number of methoxy groups -OCH3 is 2. The quantitative estimate of drug-likeness (QED) is 0.608. The molecule has 0 bridgehead atoms. The van der Waals surface area contributed by atoms with E-state index < -0.39 is 0 Å². The van der Waals surface area contributed by atoms with Crippen LogP contribution in [0.15, 0.2) is 18.2 Å². The Morgan fingerprint density at radius 3 is 2.74 bits per heavy atom. The molecule has 0 radical (unpaired) electrons. The molecule has 1 rings (SSSR count). The van der Waals surface area contributed by atoms with E-state index in [0.717, 1.165) is 24.3 Å². The largest absolute Gasteiger partial charge is 0.496 e. The Kier molecular flexibility index (Phi) is 6.36. The lowest BCUT2D eigenvalue weighted by atomic mass is 10.0. The molecule has 19 heavy (non-hydrogen) atoms. The van der Waals surface area contributed by atoms with Gasteiger partial charge in [-0.2, -0.15) is 0 Å². The number of ether oxygens (including phenoxy) is 2. The molecule has 0 fully saturated rings. The van der Waals surface area contributed by atoms with Crippen LogP contribution in [0.5, 0.6) is 5.75 Å². The highest BCUT2D eigenvalue weighted by atomic mass is 16.5. The van der Waals surface area contributed by atoms with Crippen LogP contribution >= 0.6 is 0 Å². The van der Waals surface area contributed by atoms with Gasteiger partial charge in [-0.15, -0.1) is 0 Å².